The van der Waals surface area contributed by atoms with Crippen molar-refractivity contribution in [2.75, 3.05) is 5.73 Å². The van der Waals surface area contributed by atoms with Crippen LogP contribution in [0.3, 0.4) is 0 Å². The van der Waals surface area contributed by atoms with Gasteiger partial charge in [0.25, 0.3) is 0 Å². The predicted molar refractivity (Wildman–Crippen MR) is 72.1 cm³/mol. The molecule has 5 nitrogen and oxygen atoms in total. The summed E-state index contributed by atoms with van der Waals surface area (Å²) >= 11 is 0. The predicted octanol–water partition coefficient (Wildman–Crippen LogP) is 2.97. The van der Waals surface area contributed by atoms with Crippen LogP contribution >= 0.6 is 0 Å². The van der Waals surface area contributed by atoms with E-state index in [1.54, 1.807) is 12.1 Å². The number of nitrogens with zero attached hydrogens (tertiary/aromatic N) is 3. The van der Waals surface area contributed by atoms with Crippen LogP contribution in [0.2, 0.25) is 0 Å². The monoisotopic (exact) mass is 295 g/mol. The number of H-pyrrole nitrogens is 1. The molecule has 3 aromatic rings. The first-order valence-electron chi connectivity index (χ1n) is 6.16. The lowest BCUT2D eigenvalue weighted by molar-refractivity contribution is -0.140. The summed E-state index contributed by atoms with van der Waals surface area (Å²) in [6, 6.07) is 5.41. The average molecular weight is 295 g/mol. The fraction of sp³-hybridized carbons (Fsp3) is 0.231. The Kier molecular flexibility index (Phi) is 2.72. The molecule has 2 aromatic heterocycles. The number of rotatable bonds is 1. The van der Waals surface area contributed by atoms with Gasteiger partial charge in [-0.2, -0.15) is 23.4 Å². The Morgan fingerprint density at radius 3 is 2.33 bits per heavy atom. The Hall–Kier alpha value is -2.51. The van der Waals surface area contributed by atoms with Crippen molar-refractivity contribution < 1.29 is 13.2 Å². The molecule has 8 heteroatoms. The number of nitrogens with one attached hydrogen (secondary N) is 1. The normalized spacial score (nSPS) is 12.2. The molecule has 0 bridgehead atoms. The van der Waals surface area contributed by atoms with E-state index in [-0.39, 0.29) is 16.9 Å². The van der Waals surface area contributed by atoms with Gasteiger partial charge in [-0.3, -0.25) is 5.10 Å². The van der Waals surface area contributed by atoms with Crippen molar-refractivity contribution in [2.24, 2.45) is 0 Å². The summed E-state index contributed by atoms with van der Waals surface area (Å²) in [5.74, 6) is -0.145. The fourth-order valence-corrected chi connectivity index (χ4v) is 2.38. The largest absolute Gasteiger partial charge is 0.436 e. The van der Waals surface area contributed by atoms with Gasteiger partial charge in [0.15, 0.2) is 11.3 Å². The maximum Gasteiger partial charge on any atom is 0.436 e. The van der Waals surface area contributed by atoms with Crippen molar-refractivity contribution in [1.82, 2.24) is 20.0 Å². The molecular formula is C13H12F3N5. The van der Waals surface area contributed by atoms with E-state index >= 15 is 0 Å². The Balaban J connectivity index is 2.34. The lowest BCUT2D eigenvalue weighted by atomic mass is 10.1. The van der Waals surface area contributed by atoms with Crippen LogP contribution in [0.5, 0.6) is 0 Å². The summed E-state index contributed by atoms with van der Waals surface area (Å²) in [5.41, 5.74) is 6.93. The third kappa shape index (κ3) is 2.12. The second-order valence-electron chi connectivity index (χ2n) is 4.94. The molecule has 0 aliphatic rings. The third-order valence-corrected chi connectivity index (χ3v) is 3.13. The SMILES string of the molecule is Cc1cc(C)cc(-n2nc(C(F)(F)F)c3c(N)[nH]nc32)c1. The van der Waals surface area contributed by atoms with Crippen LogP contribution < -0.4 is 5.73 Å². The highest BCUT2D eigenvalue weighted by Gasteiger charge is 2.39. The number of fused-ring (bicyclic) bond motifs is 1. The number of aromatic nitrogens is 4. The summed E-state index contributed by atoms with van der Waals surface area (Å²) in [5, 5.41) is 9.67. The summed E-state index contributed by atoms with van der Waals surface area (Å²) < 4.78 is 40.4. The highest BCUT2D eigenvalue weighted by molar-refractivity contribution is 5.90. The minimum atomic E-state index is -4.60. The fourth-order valence-electron chi connectivity index (χ4n) is 2.38. The van der Waals surface area contributed by atoms with Crippen LogP contribution in [0.1, 0.15) is 16.8 Å². The highest BCUT2D eigenvalue weighted by atomic mass is 19.4. The van der Waals surface area contributed by atoms with Crippen LogP contribution in [0, 0.1) is 13.8 Å². The molecule has 21 heavy (non-hydrogen) atoms. The number of aryl methyl sites for hydroxylation is 2. The van der Waals surface area contributed by atoms with Crippen molar-refractivity contribution >= 4 is 16.9 Å². The Morgan fingerprint density at radius 1 is 1.14 bits per heavy atom. The number of nitrogens with two attached hydrogens (primary N) is 1. The quantitative estimate of drug-likeness (QED) is 0.725. The topological polar surface area (TPSA) is 72.5 Å². The third-order valence-electron chi connectivity index (χ3n) is 3.13. The van der Waals surface area contributed by atoms with E-state index in [2.05, 4.69) is 15.3 Å². The Labute approximate surface area is 117 Å². The molecule has 0 atom stereocenters. The first kappa shape index (κ1) is 13.5. The van der Waals surface area contributed by atoms with E-state index in [4.69, 9.17) is 5.73 Å². The molecule has 0 fully saturated rings. The van der Waals surface area contributed by atoms with Gasteiger partial charge in [-0.1, -0.05) is 6.07 Å². The van der Waals surface area contributed by atoms with Gasteiger partial charge in [0, 0.05) is 0 Å². The van der Waals surface area contributed by atoms with Gasteiger partial charge in [0.2, 0.25) is 0 Å². The zero-order valence-corrected chi connectivity index (χ0v) is 11.3. The summed E-state index contributed by atoms with van der Waals surface area (Å²) in [6.07, 6.45) is -4.60. The Bertz CT molecular complexity index is 808. The number of nitrogen functional groups attached to an aromatic ring is 1. The van der Waals surface area contributed by atoms with E-state index in [1.165, 1.54) is 0 Å². The highest BCUT2D eigenvalue weighted by Crippen LogP contribution is 2.36. The lowest BCUT2D eigenvalue weighted by Crippen LogP contribution is -2.09. The molecule has 0 unspecified atom stereocenters. The van der Waals surface area contributed by atoms with E-state index in [1.807, 2.05) is 19.9 Å². The van der Waals surface area contributed by atoms with E-state index < -0.39 is 11.9 Å². The standard InChI is InChI=1S/C13H12F3N5/c1-6-3-7(2)5-8(4-6)21-12-9(11(17)18-19-12)10(20-21)13(14,15)16/h3-5H,1-2H3,(H3,17,18,19). The molecular weight excluding hydrogens is 283 g/mol. The number of benzene rings is 1. The van der Waals surface area contributed by atoms with Gasteiger partial charge in [-0.25, -0.2) is 4.68 Å². The first-order chi connectivity index (χ1) is 9.77. The maximum absolute atomic E-state index is 13.1. The van der Waals surface area contributed by atoms with Crippen molar-refractivity contribution in [3.63, 3.8) is 0 Å². The van der Waals surface area contributed by atoms with Gasteiger partial charge < -0.3 is 5.73 Å². The van der Waals surface area contributed by atoms with Gasteiger partial charge in [0.1, 0.15) is 5.82 Å². The van der Waals surface area contributed by atoms with Crippen LogP contribution in [-0.2, 0) is 6.18 Å². The second kappa shape index (κ2) is 4.24. The number of aromatic amines is 1. The smallest absolute Gasteiger partial charge is 0.383 e. The number of alkyl halides is 3. The summed E-state index contributed by atoms with van der Waals surface area (Å²) in [6.45, 7) is 3.72. The molecule has 110 valence electrons. The summed E-state index contributed by atoms with van der Waals surface area (Å²) in [4.78, 5) is 0. The molecule has 0 radical (unpaired) electrons. The lowest BCUT2D eigenvalue weighted by Gasteiger charge is -2.06. The molecule has 0 saturated carbocycles. The first-order valence-corrected chi connectivity index (χ1v) is 6.16. The molecule has 0 spiro atoms. The van der Waals surface area contributed by atoms with Gasteiger partial charge in [0.05, 0.1) is 11.1 Å². The average Bonchev–Trinajstić information content (AvgIpc) is 2.88. The van der Waals surface area contributed by atoms with Crippen molar-refractivity contribution in [3.8, 4) is 5.69 Å². The van der Waals surface area contributed by atoms with Crippen molar-refractivity contribution in [1.29, 1.82) is 0 Å². The van der Waals surface area contributed by atoms with E-state index in [0.717, 1.165) is 15.8 Å². The van der Waals surface area contributed by atoms with Crippen molar-refractivity contribution in [2.45, 2.75) is 20.0 Å². The van der Waals surface area contributed by atoms with Crippen LogP contribution in [-0.4, -0.2) is 20.0 Å². The summed E-state index contributed by atoms with van der Waals surface area (Å²) in [7, 11) is 0. The zero-order chi connectivity index (χ0) is 15.4. The van der Waals surface area contributed by atoms with Gasteiger partial charge in [-0.05, 0) is 37.1 Å². The number of anilines is 1. The van der Waals surface area contributed by atoms with Gasteiger partial charge in [-0.15, -0.1) is 0 Å². The molecule has 0 aliphatic carbocycles. The molecule has 1 aromatic carbocycles. The molecule has 0 saturated heterocycles. The molecule has 0 amide bonds. The number of hydrogen-bond donors (Lipinski definition) is 2. The second-order valence-corrected chi connectivity index (χ2v) is 4.94. The minimum absolute atomic E-state index is 0.0600. The minimum Gasteiger partial charge on any atom is -0.383 e. The molecule has 3 rings (SSSR count). The van der Waals surface area contributed by atoms with Crippen LogP contribution in [0.25, 0.3) is 16.7 Å². The van der Waals surface area contributed by atoms with Crippen LogP contribution in [0.4, 0.5) is 19.0 Å². The number of hydrogen-bond acceptors (Lipinski definition) is 3. The molecule has 3 N–H and O–H groups in total. The van der Waals surface area contributed by atoms with E-state index in [0.29, 0.717) is 5.69 Å². The number of halogens is 3. The van der Waals surface area contributed by atoms with E-state index in [9.17, 15) is 13.2 Å². The van der Waals surface area contributed by atoms with Crippen LogP contribution in [0.15, 0.2) is 18.2 Å². The molecule has 0 aliphatic heterocycles. The zero-order valence-electron chi connectivity index (χ0n) is 11.3. The Morgan fingerprint density at radius 2 is 1.76 bits per heavy atom. The van der Waals surface area contributed by atoms with Gasteiger partial charge >= 0.3 is 6.18 Å². The molecule has 2 heterocycles. The maximum atomic E-state index is 13.1. The van der Waals surface area contributed by atoms with Crippen molar-refractivity contribution in [3.05, 3.63) is 35.0 Å².